The number of hydrogen-bond donors (Lipinski definition) is 3. The third-order valence-corrected chi connectivity index (χ3v) is 3.20. The minimum absolute atomic E-state index is 0.0362. The van der Waals surface area contributed by atoms with Crippen molar-refractivity contribution in [2.45, 2.75) is 57.7 Å². The molecule has 3 N–H and O–H groups in total. The molecule has 0 unspecified atom stereocenters. The molecule has 1 saturated heterocycles. The third kappa shape index (κ3) is 3.85. The zero-order chi connectivity index (χ0) is 13.3. The van der Waals surface area contributed by atoms with Gasteiger partial charge in [0.2, 0.25) is 0 Å². The molecule has 0 aromatic heterocycles. The van der Waals surface area contributed by atoms with Gasteiger partial charge >= 0.3 is 6.09 Å². The Labute approximate surface area is 103 Å². The van der Waals surface area contributed by atoms with Gasteiger partial charge in [0, 0.05) is 23.7 Å². The summed E-state index contributed by atoms with van der Waals surface area (Å²) in [6, 6.07) is -0.0362. The Morgan fingerprint density at radius 1 is 1.29 bits per heavy atom. The minimum Gasteiger partial charge on any atom is -0.465 e. The second-order valence-corrected chi connectivity index (χ2v) is 6.15. The molecule has 0 bridgehead atoms. The number of hydrogen-bond acceptors (Lipinski definition) is 3. The molecule has 1 amide bonds. The van der Waals surface area contributed by atoms with E-state index in [9.17, 15) is 9.90 Å². The van der Waals surface area contributed by atoms with Crippen molar-refractivity contribution < 1.29 is 15.0 Å². The summed E-state index contributed by atoms with van der Waals surface area (Å²) in [6.45, 7) is 8.39. The fourth-order valence-electron chi connectivity index (χ4n) is 3.03. The molecule has 0 aliphatic carbocycles. The van der Waals surface area contributed by atoms with Crippen molar-refractivity contribution in [3.8, 4) is 0 Å². The molecule has 0 radical (unpaired) electrons. The Morgan fingerprint density at radius 2 is 1.76 bits per heavy atom. The molecule has 1 aliphatic rings. The van der Waals surface area contributed by atoms with Crippen molar-refractivity contribution in [1.82, 2.24) is 10.2 Å². The molecule has 0 saturated carbocycles. The van der Waals surface area contributed by atoms with E-state index in [0.717, 1.165) is 12.8 Å². The first-order valence-electron chi connectivity index (χ1n) is 6.07. The van der Waals surface area contributed by atoms with Crippen LogP contribution in [0.1, 0.15) is 40.5 Å². The molecular formula is C12H24N2O3. The number of carbonyl (C=O) groups is 1. The Morgan fingerprint density at radius 3 is 2.12 bits per heavy atom. The van der Waals surface area contributed by atoms with E-state index < -0.39 is 6.09 Å². The first-order chi connectivity index (χ1) is 7.67. The molecule has 0 spiro atoms. The van der Waals surface area contributed by atoms with Crippen LogP contribution in [0.2, 0.25) is 0 Å². The lowest BCUT2D eigenvalue weighted by molar-refractivity contribution is 0.0539. The second kappa shape index (κ2) is 4.82. The lowest BCUT2D eigenvalue weighted by Crippen LogP contribution is -2.63. The van der Waals surface area contributed by atoms with Crippen molar-refractivity contribution in [2.75, 3.05) is 13.2 Å². The van der Waals surface area contributed by atoms with Gasteiger partial charge in [0.25, 0.3) is 0 Å². The number of nitrogens with one attached hydrogen (secondary N) is 1. The van der Waals surface area contributed by atoms with Crippen LogP contribution >= 0.6 is 0 Å². The Balaban J connectivity index is 2.84. The first-order valence-corrected chi connectivity index (χ1v) is 6.07. The van der Waals surface area contributed by atoms with E-state index in [-0.39, 0.29) is 30.3 Å². The van der Waals surface area contributed by atoms with Crippen LogP contribution in [-0.2, 0) is 0 Å². The topological polar surface area (TPSA) is 72.8 Å². The summed E-state index contributed by atoms with van der Waals surface area (Å²) in [6.07, 6.45) is 0.586. The Hall–Kier alpha value is -0.810. The highest BCUT2D eigenvalue weighted by Crippen LogP contribution is 2.31. The average Bonchev–Trinajstić information content (AvgIpc) is 2.08. The predicted molar refractivity (Wildman–Crippen MR) is 66.1 cm³/mol. The zero-order valence-electron chi connectivity index (χ0n) is 11.2. The molecule has 1 heterocycles. The van der Waals surface area contributed by atoms with Crippen LogP contribution in [0.3, 0.4) is 0 Å². The van der Waals surface area contributed by atoms with Gasteiger partial charge < -0.3 is 20.4 Å². The number of piperidine rings is 1. The van der Waals surface area contributed by atoms with Crippen molar-refractivity contribution in [2.24, 2.45) is 0 Å². The van der Waals surface area contributed by atoms with E-state index in [1.165, 1.54) is 4.90 Å². The van der Waals surface area contributed by atoms with Gasteiger partial charge in [-0.2, -0.15) is 0 Å². The van der Waals surface area contributed by atoms with Gasteiger partial charge in [-0.3, -0.25) is 0 Å². The van der Waals surface area contributed by atoms with Crippen LogP contribution < -0.4 is 5.32 Å². The van der Waals surface area contributed by atoms with Gasteiger partial charge in [0.05, 0.1) is 6.61 Å². The maximum Gasteiger partial charge on any atom is 0.407 e. The van der Waals surface area contributed by atoms with Crippen LogP contribution in [0.15, 0.2) is 0 Å². The number of nitrogens with zero attached hydrogens (tertiary/aromatic N) is 1. The number of amides is 1. The quantitative estimate of drug-likeness (QED) is 0.699. The summed E-state index contributed by atoms with van der Waals surface area (Å²) in [5.74, 6) is 0. The molecule has 1 rings (SSSR count). The fourth-order valence-corrected chi connectivity index (χ4v) is 3.03. The van der Waals surface area contributed by atoms with Crippen molar-refractivity contribution >= 4 is 6.09 Å². The molecule has 0 atom stereocenters. The standard InChI is InChI=1S/C12H24N2O3/c1-11(2)7-9(8-12(3,4)13-11)14(5-6-15)10(16)17/h9,13,15H,5-8H2,1-4H3,(H,16,17). The van der Waals surface area contributed by atoms with Crippen molar-refractivity contribution in [1.29, 1.82) is 0 Å². The molecule has 1 aliphatic heterocycles. The summed E-state index contributed by atoms with van der Waals surface area (Å²) < 4.78 is 0. The first kappa shape index (κ1) is 14.3. The van der Waals surface area contributed by atoms with E-state index in [1.807, 2.05) is 0 Å². The molecule has 100 valence electrons. The Kier molecular flexibility index (Phi) is 4.04. The van der Waals surface area contributed by atoms with Gasteiger partial charge in [-0.15, -0.1) is 0 Å². The van der Waals surface area contributed by atoms with E-state index >= 15 is 0 Å². The zero-order valence-corrected chi connectivity index (χ0v) is 11.2. The monoisotopic (exact) mass is 244 g/mol. The van der Waals surface area contributed by atoms with Crippen LogP contribution in [0.25, 0.3) is 0 Å². The number of aliphatic hydroxyl groups is 1. The maximum atomic E-state index is 11.2. The summed E-state index contributed by atoms with van der Waals surface area (Å²) in [5.41, 5.74) is -0.175. The van der Waals surface area contributed by atoms with Gasteiger partial charge in [0.15, 0.2) is 0 Å². The van der Waals surface area contributed by atoms with E-state index in [0.29, 0.717) is 0 Å². The molecular weight excluding hydrogens is 220 g/mol. The van der Waals surface area contributed by atoms with Crippen LogP contribution in [0, 0.1) is 0 Å². The lowest BCUT2D eigenvalue weighted by atomic mass is 9.79. The number of aliphatic hydroxyl groups excluding tert-OH is 1. The van der Waals surface area contributed by atoms with Gasteiger partial charge in [-0.05, 0) is 40.5 Å². The van der Waals surface area contributed by atoms with Crippen molar-refractivity contribution in [3.05, 3.63) is 0 Å². The normalized spacial score (nSPS) is 23.4. The molecule has 5 heteroatoms. The van der Waals surface area contributed by atoms with E-state index in [2.05, 4.69) is 33.0 Å². The largest absolute Gasteiger partial charge is 0.465 e. The van der Waals surface area contributed by atoms with Gasteiger partial charge in [0.1, 0.15) is 0 Å². The minimum atomic E-state index is -0.947. The number of carboxylic acid groups (broad SMARTS) is 1. The summed E-state index contributed by atoms with van der Waals surface area (Å²) in [5, 5.41) is 21.7. The van der Waals surface area contributed by atoms with E-state index in [1.54, 1.807) is 0 Å². The fraction of sp³-hybridized carbons (Fsp3) is 0.917. The second-order valence-electron chi connectivity index (χ2n) is 6.15. The molecule has 1 fully saturated rings. The highest BCUT2D eigenvalue weighted by Gasteiger charge is 2.41. The van der Waals surface area contributed by atoms with Crippen molar-refractivity contribution in [3.63, 3.8) is 0 Å². The van der Waals surface area contributed by atoms with Gasteiger partial charge in [-0.1, -0.05) is 0 Å². The average molecular weight is 244 g/mol. The predicted octanol–water partition coefficient (Wildman–Crippen LogP) is 1.27. The highest BCUT2D eigenvalue weighted by atomic mass is 16.4. The summed E-state index contributed by atoms with van der Waals surface area (Å²) >= 11 is 0. The smallest absolute Gasteiger partial charge is 0.407 e. The van der Waals surface area contributed by atoms with Gasteiger partial charge in [-0.25, -0.2) is 4.79 Å². The highest BCUT2D eigenvalue weighted by molar-refractivity contribution is 5.65. The lowest BCUT2D eigenvalue weighted by Gasteiger charge is -2.49. The third-order valence-electron chi connectivity index (χ3n) is 3.20. The summed E-state index contributed by atoms with van der Waals surface area (Å²) in [4.78, 5) is 12.6. The van der Waals surface area contributed by atoms with Crippen LogP contribution in [-0.4, -0.2) is 51.5 Å². The molecule has 0 aromatic rings. The molecule has 5 nitrogen and oxygen atoms in total. The number of rotatable bonds is 3. The molecule has 0 aromatic carbocycles. The van der Waals surface area contributed by atoms with Crippen LogP contribution in [0.4, 0.5) is 4.79 Å². The van der Waals surface area contributed by atoms with E-state index in [4.69, 9.17) is 5.11 Å². The SMILES string of the molecule is CC1(C)CC(N(CCO)C(=O)O)CC(C)(C)N1. The molecule has 17 heavy (non-hydrogen) atoms. The maximum absolute atomic E-state index is 11.2. The Bertz CT molecular complexity index is 273. The summed E-state index contributed by atoms with van der Waals surface area (Å²) in [7, 11) is 0. The van der Waals surface area contributed by atoms with Crippen LogP contribution in [0.5, 0.6) is 0 Å².